The van der Waals surface area contributed by atoms with Crippen molar-refractivity contribution in [2.45, 2.75) is 31.8 Å². The minimum absolute atomic E-state index is 0.0651. The van der Waals surface area contributed by atoms with Crippen LogP contribution in [0.1, 0.15) is 52.2 Å². The maximum atomic E-state index is 12.2. The van der Waals surface area contributed by atoms with Crippen LogP contribution in [0, 0.1) is 6.92 Å². The van der Waals surface area contributed by atoms with Gasteiger partial charge in [0.25, 0.3) is 5.91 Å². The molecule has 1 saturated carbocycles. The van der Waals surface area contributed by atoms with E-state index in [2.05, 4.69) is 10.5 Å². The number of hydrogen-bond donors (Lipinski definition) is 2. The van der Waals surface area contributed by atoms with E-state index >= 15 is 0 Å². The molecule has 0 spiro atoms. The van der Waals surface area contributed by atoms with Gasteiger partial charge in [0.05, 0.1) is 19.3 Å². The Balaban J connectivity index is 1.61. The zero-order valence-electron chi connectivity index (χ0n) is 13.7. The van der Waals surface area contributed by atoms with Crippen LogP contribution in [0.5, 0.6) is 0 Å². The molecule has 0 radical (unpaired) electrons. The van der Waals surface area contributed by atoms with Crippen molar-refractivity contribution in [3.05, 3.63) is 52.9 Å². The third-order valence-electron chi connectivity index (χ3n) is 4.05. The summed E-state index contributed by atoms with van der Waals surface area (Å²) in [6.45, 7) is 2.46. The van der Waals surface area contributed by atoms with E-state index < -0.39 is 0 Å². The van der Waals surface area contributed by atoms with Crippen molar-refractivity contribution in [2.24, 2.45) is 0 Å². The van der Waals surface area contributed by atoms with Crippen LogP contribution in [0.15, 0.2) is 34.9 Å². The number of nitrogens with zero attached hydrogens (tertiary/aromatic N) is 1. The first kappa shape index (κ1) is 16.7. The van der Waals surface area contributed by atoms with Crippen molar-refractivity contribution < 1.29 is 19.2 Å². The number of carbonyl (C=O) groups excluding carboxylic acids is 1. The molecule has 0 aliphatic heterocycles. The zero-order chi connectivity index (χ0) is 16.9. The topological polar surface area (TPSA) is 84.6 Å². The fraction of sp³-hybridized carbons (Fsp3) is 0.444. The molecule has 1 atom stereocenters. The van der Waals surface area contributed by atoms with Crippen molar-refractivity contribution in [1.82, 2.24) is 10.5 Å². The number of rotatable bonds is 8. The van der Waals surface area contributed by atoms with Crippen molar-refractivity contribution in [3.63, 3.8) is 0 Å². The Morgan fingerprint density at radius 1 is 1.42 bits per heavy atom. The highest BCUT2D eigenvalue weighted by molar-refractivity contribution is 5.92. The van der Waals surface area contributed by atoms with Crippen LogP contribution in [0.4, 0.5) is 0 Å². The molecule has 0 bridgehead atoms. The summed E-state index contributed by atoms with van der Waals surface area (Å²) in [5, 5.41) is 15.6. The quantitative estimate of drug-likeness (QED) is 0.776. The molecule has 1 aromatic heterocycles. The number of aryl methyl sites for hydroxylation is 1. The molecule has 24 heavy (non-hydrogen) atoms. The van der Waals surface area contributed by atoms with E-state index in [1.807, 2.05) is 31.2 Å². The maximum absolute atomic E-state index is 12.2. The molecular weight excluding hydrogens is 308 g/mol. The predicted molar refractivity (Wildman–Crippen MR) is 87.8 cm³/mol. The van der Waals surface area contributed by atoms with Gasteiger partial charge in [-0.15, -0.1) is 0 Å². The number of aromatic nitrogens is 1. The van der Waals surface area contributed by atoms with Crippen LogP contribution >= 0.6 is 0 Å². The largest absolute Gasteiger partial charge is 0.394 e. The molecule has 1 fully saturated rings. The molecule has 1 heterocycles. The maximum Gasteiger partial charge on any atom is 0.273 e. The third-order valence-corrected chi connectivity index (χ3v) is 4.05. The smallest absolute Gasteiger partial charge is 0.273 e. The van der Waals surface area contributed by atoms with Gasteiger partial charge in [-0.25, -0.2) is 0 Å². The van der Waals surface area contributed by atoms with Gasteiger partial charge in [-0.05, 0) is 25.3 Å². The average Bonchev–Trinajstić information content (AvgIpc) is 3.33. The minimum Gasteiger partial charge on any atom is -0.394 e. The molecule has 0 saturated heterocycles. The number of carbonyl (C=O) groups is 1. The molecule has 2 aromatic rings. The molecule has 1 aliphatic carbocycles. The van der Waals surface area contributed by atoms with E-state index in [0.29, 0.717) is 18.2 Å². The molecule has 6 heteroatoms. The van der Waals surface area contributed by atoms with Crippen LogP contribution in [0.3, 0.4) is 0 Å². The fourth-order valence-electron chi connectivity index (χ4n) is 2.48. The Kier molecular flexibility index (Phi) is 5.27. The summed E-state index contributed by atoms with van der Waals surface area (Å²) in [6.07, 6.45) is 1.87. The van der Waals surface area contributed by atoms with Gasteiger partial charge in [-0.3, -0.25) is 4.79 Å². The van der Waals surface area contributed by atoms with Crippen molar-refractivity contribution in [3.8, 4) is 0 Å². The molecule has 2 N–H and O–H groups in total. The highest BCUT2D eigenvalue weighted by Gasteiger charge is 2.29. The first-order valence-corrected chi connectivity index (χ1v) is 8.21. The van der Waals surface area contributed by atoms with Gasteiger partial charge >= 0.3 is 0 Å². The van der Waals surface area contributed by atoms with E-state index in [1.54, 1.807) is 6.07 Å². The Morgan fingerprint density at radius 3 is 2.83 bits per heavy atom. The van der Waals surface area contributed by atoms with Crippen LogP contribution in [-0.4, -0.2) is 35.9 Å². The van der Waals surface area contributed by atoms with Crippen LogP contribution in [-0.2, 0) is 4.74 Å². The molecule has 1 unspecified atom stereocenters. The summed E-state index contributed by atoms with van der Waals surface area (Å²) in [6, 6.07) is 9.62. The summed E-state index contributed by atoms with van der Waals surface area (Å²) < 4.78 is 10.9. The molecule has 1 aromatic carbocycles. The fourth-order valence-corrected chi connectivity index (χ4v) is 2.48. The van der Waals surface area contributed by atoms with Crippen molar-refractivity contribution in [2.75, 3.05) is 19.8 Å². The van der Waals surface area contributed by atoms with Crippen LogP contribution in [0.25, 0.3) is 0 Å². The number of amides is 1. The first-order valence-electron chi connectivity index (χ1n) is 8.21. The van der Waals surface area contributed by atoms with Crippen LogP contribution in [0.2, 0.25) is 0 Å². The van der Waals surface area contributed by atoms with Crippen LogP contribution < -0.4 is 5.32 Å². The van der Waals surface area contributed by atoms with Gasteiger partial charge in [-0.1, -0.05) is 35.0 Å². The van der Waals surface area contributed by atoms with Gasteiger partial charge in [0.1, 0.15) is 5.76 Å². The lowest BCUT2D eigenvalue weighted by molar-refractivity contribution is 0.0276. The lowest BCUT2D eigenvalue weighted by Gasteiger charge is -2.18. The van der Waals surface area contributed by atoms with Gasteiger partial charge in [-0.2, -0.15) is 0 Å². The number of nitrogens with one attached hydrogen (secondary N) is 1. The Bertz CT molecular complexity index is 677. The van der Waals surface area contributed by atoms with Gasteiger partial charge in [0.2, 0.25) is 0 Å². The number of aliphatic hydroxyl groups is 1. The predicted octanol–water partition coefficient (Wildman–Crippen LogP) is 2.34. The summed E-state index contributed by atoms with van der Waals surface area (Å²) in [5.41, 5.74) is 2.40. The number of ether oxygens (including phenoxy) is 1. The van der Waals surface area contributed by atoms with E-state index in [9.17, 15) is 4.79 Å². The Hall–Kier alpha value is -2.18. The van der Waals surface area contributed by atoms with E-state index in [-0.39, 0.29) is 25.2 Å². The van der Waals surface area contributed by atoms with E-state index in [0.717, 1.165) is 29.7 Å². The monoisotopic (exact) mass is 330 g/mol. The highest BCUT2D eigenvalue weighted by Crippen LogP contribution is 2.40. The van der Waals surface area contributed by atoms with E-state index in [1.165, 1.54) is 0 Å². The lowest BCUT2D eigenvalue weighted by atomic mass is 10.1. The zero-order valence-corrected chi connectivity index (χ0v) is 13.7. The summed E-state index contributed by atoms with van der Waals surface area (Å²) >= 11 is 0. The third kappa shape index (κ3) is 4.21. The van der Waals surface area contributed by atoms with Gasteiger partial charge in [0.15, 0.2) is 5.69 Å². The standard InChI is InChI=1S/C18H22N2O4/c1-12-2-4-14(5-3-12)17(23-9-8-21)11-19-18(22)15-10-16(24-20-15)13-6-7-13/h2-5,10,13,17,21H,6-9,11H2,1H3,(H,19,22). The molecule has 1 amide bonds. The molecule has 6 nitrogen and oxygen atoms in total. The summed E-state index contributed by atoms with van der Waals surface area (Å²) in [7, 11) is 0. The first-order chi connectivity index (χ1) is 11.7. The van der Waals surface area contributed by atoms with Gasteiger partial charge in [0, 0.05) is 18.5 Å². The van der Waals surface area contributed by atoms with Crippen molar-refractivity contribution >= 4 is 5.91 Å². The number of benzene rings is 1. The van der Waals surface area contributed by atoms with E-state index in [4.69, 9.17) is 14.4 Å². The highest BCUT2D eigenvalue weighted by atomic mass is 16.5. The second-order valence-electron chi connectivity index (χ2n) is 6.09. The normalized spacial score (nSPS) is 15.2. The Labute approximate surface area is 140 Å². The average molecular weight is 330 g/mol. The van der Waals surface area contributed by atoms with Gasteiger partial charge < -0.3 is 19.7 Å². The molecular formula is C18H22N2O4. The molecule has 1 aliphatic rings. The molecule has 128 valence electrons. The minimum atomic E-state index is -0.323. The van der Waals surface area contributed by atoms with Crippen molar-refractivity contribution in [1.29, 1.82) is 0 Å². The second kappa shape index (κ2) is 7.59. The molecule has 3 rings (SSSR count). The number of aliphatic hydroxyl groups excluding tert-OH is 1. The SMILES string of the molecule is Cc1ccc(C(CNC(=O)c2cc(C3CC3)on2)OCCO)cc1. The number of hydrogen-bond acceptors (Lipinski definition) is 5. The Morgan fingerprint density at radius 2 is 2.17 bits per heavy atom. The lowest BCUT2D eigenvalue weighted by Crippen LogP contribution is -2.30. The summed E-state index contributed by atoms with van der Waals surface area (Å²) in [4.78, 5) is 12.2. The summed E-state index contributed by atoms with van der Waals surface area (Å²) in [5.74, 6) is 0.925. The second-order valence-corrected chi connectivity index (χ2v) is 6.09.